The van der Waals surface area contributed by atoms with Gasteiger partial charge in [-0.25, -0.2) is 4.79 Å². The van der Waals surface area contributed by atoms with Gasteiger partial charge in [0, 0.05) is 12.0 Å². The number of carbonyl (C=O) groups is 3. The van der Waals surface area contributed by atoms with Crippen molar-refractivity contribution in [3.05, 3.63) is 34.9 Å². The van der Waals surface area contributed by atoms with E-state index in [2.05, 4.69) is 4.74 Å². The minimum Gasteiger partial charge on any atom is -0.480 e. The number of benzene rings is 1. The molecule has 0 fully saturated rings. The second-order valence-corrected chi connectivity index (χ2v) is 5.27. The molecule has 0 bridgehead atoms. The van der Waals surface area contributed by atoms with Crippen LogP contribution in [0.15, 0.2) is 18.2 Å². The quantitative estimate of drug-likeness (QED) is 0.565. The second kappa shape index (κ2) is 8.27. The lowest BCUT2D eigenvalue weighted by atomic mass is 10.0. The number of halogens is 6. The molecule has 1 aromatic rings. The number of hydrogen-bond acceptors (Lipinski definition) is 4. The summed E-state index contributed by atoms with van der Waals surface area (Å²) in [6, 6.07) is -1.54. The standard InChI is InChI=1S/C15H13F6NO5/c1-27-11(23)3-2-10(13(25)26)22-12(24)7-4-8(14(16,17)18)6-9(5-7)15(19,20)21/h4-6,10H,2-3H2,1H3,(H,22,24)(H,25,26)/t10-/m1/s1. The molecule has 0 aromatic heterocycles. The predicted octanol–water partition coefficient (Wildman–Crippen LogP) is 2.86. The van der Waals surface area contributed by atoms with Crippen molar-refractivity contribution in [2.45, 2.75) is 31.2 Å². The van der Waals surface area contributed by atoms with Gasteiger partial charge in [-0.05, 0) is 24.6 Å². The third kappa shape index (κ3) is 6.46. The van der Waals surface area contributed by atoms with E-state index in [0.29, 0.717) is 0 Å². The number of esters is 1. The van der Waals surface area contributed by atoms with Crippen molar-refractivity contribution in [2.75, 3.05) is 7.11 Å². The molecule has 0 unspecified atom stereocenters. The summed E-state index contributed by atoms with van der Waals surface area (Å²) in [5.74, 6) is -3.91. The van der Waals surface area contributed by atoms with Crippen molar-refractivity contribution in [3.63, 3.8) is 0 Å². The van der Waals surface area contributed by atoms with E-state index < -0.39 is 65.8 Å². The van der Waals surface area contributed by atoms with Crippen LogP contribution in [0.1, 0.15) is 34.3 Å². The van der Waals surface area contributed by atoms with E-state index in [1.54, 1.807) is 5.32 Å². The Labute approximate surface area is 148 Å². The van der Waals surface area contributed by atoms with Gasteiger partial charge < -0.3 is 15.2 Å². The van der Waals surface area contributed by atoms with Crippen molar-refractivity contribution in [3.8, 4) is 0 Å². The Morgan fingerprint density at radius 2 is 1.52 bits per heavy atom. The van der Waals surface area contributed by atoms with Crippen LogP contribution < -0.4 is 5.32 Å². The van der Waals surface area contributed by atoms with Crippen molar-refractivity contribution in [1.82, 2.24) is 5.32 Å². The minimum absolute atomic E-state index is 0.164. The SMILES string of the molecule is COC(=O)CC[C@@H](NC(=O)c1cc(C(F)(F)F)cc(C(F)(F)F)c1)C(=O)O. The summed E-state index contributed by atoms with van der Waals surface area (Å²) in [5.41, 5.74) is -4.46. The average molecular weight is 401 g/mol. The van der Waals surface area contributed by atoms with Gasteiger partial charge in [0.2, 0.25) is 0 Å². The fourth-order valence-corrected chi connectivity index (χ4v) is 1.95. The Kier molecular flexibility index (Phi) is 6.81. The molecule has 6 nitrogen and oxygen atoms in total. The Morgan fingerprint density at radius 1 is 1.04 bits per heavy atom. The van der Waals surface area contributed by atoms with Crippen LogP contribution in [0.4, 0.5) is 26.3 Å². The molecule has 0 aliphatic heterocycles. The monoisotopic (exact) mass is 401 g/mol. The van der Waals surface area contributed by atoms with E-state index >= 15 is 0 Å². The molecule has 0 spiro atoms. The lowest BCUT2D eigenvalue weighted by Gasteiger charge is -2.17. The molecule has 1 rings (SSSR count). The Hall–Kier alpha value is -2.79. The van der Waals surface area contributed by atoms with Crippen LogP contribution in [-0.4, -0.2) is 36.1 Å². The lowest BCUT2D eigenvalue weighted by Crippen LogP contribution is -2.41. The molecular weight excluding hydrogens is 388 g/mol. The van der Waals surface area contributed by atoms with E-state index in [4.69, 9.17) is 5.11 Å². The van der Waals surface area contributed by atoms with Gasteiger partial charge in [0.05, 0.1) is 18.2 Å². The van der Waals surface area contributed by atoms with Crippen LogP contribution in [0.5, 0.6) is 0 Å². The molecule has 2 N–H and O–H groups in total. The maximum Gasteiger partial charge on any atom is 0.416 e. The number of carbonyl (C=O) groups excluding carboxylic acids is 2. The van der Waals surface area contributed by atoms with Gasteiger partial charge >= 0.3 is 24.3 Å². The predicted molar refractivity (Wildman–Crippen MR) is 76.6 cm³/mol. The van der Waals surface area contributed by atoms with Gasteiger partial charge in [-0.3, -0.25) is 9.59 Å². The maximum absolute atomic E-state index is 12.8. The van der Waals surface area contributed by atoms with E-state index in [0.717, 1.165) is 7.11 Å². The third-order valence-corrected chi connectivity index (χ3v) is 3.32. The molecule has 0 radical (unpaired) electrons. The fourth-order valence-electron chi connectivity index (χ4n) is 1.95. The zero-order valence-corrected chi connectivity index (χ0v) is 13.6. The van der Waals surface area contributed by atoms with E-state index in [9.17, 15) is 40.7 Å². The third-order valence-electron chi connectivity index (χ3n) is 3.32. The molecule has 1 atom stereocenters. The van der Waals surface area contributed by atoms with E-state index in [1.165, 1.54) is 0 Å². The summed E-state index contributed by atoms with van der Waals surface area (Å²) in [6.45, 7) is 0. The number of alkyl halides is 6. The van der Waals surface area contributed by atoms with Crippen LogP contribution in [-0.2, 0) is 26.7 Å². The van der Waals surface area contributed by atoms with Gasteiger partial charge in [-0.1, -0.05) is 0 Å². The van der Waals surface area contributed by atoms with E-state index in [1.807, 2.05) is 0 Å². The number of rotatable bonds is 6. The fraction of sp³-hybridized carbons (Fsp3) is 0.400. The molecule has 0 aliphatic rings. The molecule has 27 heavy (non-hydrogen) atoms. The van der Waals surface area contributed by atoms with Crippen LogP contribution in [0.25, 0.3) is 0 Å². The molecular formula is C15H13F6NO5. The van der Waals surface area contributed by atoms with Crippen molar-refractivity contribution in [2.24, 2.45) is 0 Å². The lowest BCUT2D eigenvalue weighted by molar-refractivity contribution is -0.144. The van der Waals surface area contributed by atoms with Gasteiger partial charge in [-0.15, -0.1) is 0 Å². The summed E-state index contributed by atoms with van der Waals surface area (Å²) in [7, 11) is 1.03. The summed E-state index contributed by atoms with van der Waals surface area (Å²) in [6.07, 6.45) is -11.2. The summed E-state index contributed by atoms with van der Waals surface area (Å²) in [4.78, 5) is 34.1. The first-order chi connectivity index (χ1) is 12.3. The summed E-state index contributed by atoms with van der Waals surface area (Å²) < 4.78 is 81.0. The first-order valence-electron chi connectivity index (χ1n) is 7.15. The first-order valence-corrected chi connectivity index (χ1v) is 7.15. The summed E-state index contributed by atoms with van der Waals surface area (Å²) in [5, 5.41) is 10.8. The minimum atomic E-state index is -5.16. The normalized spacial score (nSPS) is 13.0. The first kappa shape index (κ1) is 22.3. The smallest absolute Gasteiger partial charge is 0.416 e. The van der Waals surface area contributed by atoms with Gasteiger partial charge in [-0.2, -0.15) is 26.3 Å². The molecule has 0 heterocycles. The van der Waals surface area contributed by atoms with Crippen LogP contribution >= 0.6 is 0 Å². The van der Waals surface area contributed by atoms with Gasteiger partial charge in [0.15, 0.2) is 0 Å². The molecule has 150 valence electrons. The highest BCUT2D eigenvalue weighted by molar-refractivity contribution is 5.97. The number of hydrogen-bond donors (Lipinski definition) is 2. The van der Waals surface area contributed by atoms with Gasteiger partial charge in [0.25, 0.3) is 5.91 Å². The molecule has 1 aromatic carbocycles. The molecule has 12 heteroatoms. The van der Waals surface area contributed by atoms with Crippen molar-refractivity contribution in [1.29, 1.82) is 0 Å². The number of amides is 1. The Bertz CT molecular complexity index is 696. The van der Waals surface area contributed by atoms with Crippen molar-refractivity contribution >= 4 is 17.8 Å². The molecule has 1 amide bonds. The highest BCUT2D eigenvalue weighted by Crippen LogP contribution is 2.36. The highest BCUT2D eigenvalue weighted by Gasteiger charge is 2.37. The van der Waals surface area contributed by atoms with Crippen LogP contribution in [0.3, 0.4) is 0 Å². The van der Waals surface area contributed by atoms with Crippen molar-refractivity contribution < 1.29 is 50.6 Å². The average Bonchev–Trinajstić information content (AvgIpc) is 2.55. The molecule has 0 saturated heterocycles. The second-order valence-electron chi connectivity index (χ2n) is 5.27. The molecule has 0 saturated carbocycles. The van der Waals surface area contributed by atoms with E-state index in [-0.39, 0.29) is 18.2 Å². The Morgan fingerprint density at radius 3 is 1.89 bits per heavy atom. The largest absolute Gasteiger partial charge is 0.480 e. The number of aliphatic carboxylic acids is 1. The van der Waals surface area contributed by atoms with Crippen LogP contribution in [0, 0.1) is 0 Å². The number of ether oxygens (including phenoxy) is 1. The number of carboxylic acids is 1. The maximum atomic E-state index is 12.8. The zero-order chi connectivity index (χ0) is 21.0. The van der Waals surface area contributed by atoms with Crippen LogP contribution in [0.2, 0.25) is 0 Å². The van der Waals surface area contributed by atoms with Gasteiger partial charge in [0.1, 0.15) is 6.04 Å². The highest BCUT2D eigenvalue weighted by atomic mass is 19.4. The zero-order valence-electron chi connectivity index (χ0n) is 13.6. The summed E-state index contributed by atoms with van der Waals surface area (Å²) >= 11 is 0. The number of nitrogens with one attached hydrogen (secondary N) is 1. The topological polar surface area (TPSA) is 92.7 Å². The number of carboxylic acid groups (broad SMARTS) is 1. The molecule has 0 aliphatic carbocycles. The Balaban J connectivity index is 3.17. The number of methoxy groups -OCH3 is 1.